The molecule has 19 heavy (non-hydrogen) atoms. The zero-order chi connectivity index (χ0) is 13.2. The van der Waals surface area contributed by atoms with Crippen molar-refractivity contribution in [3.8, 4) is 0 Å². The lowest BCUT2D eigenvalue weighted by Crippen LogP contribution is -2.39. The molecule has 0 saturated carbocycles. The van der Waals surface area contributed by atoms with Crippen LogP contribution < -0.4 is 5.32 Å². The van der Waals surface area contributed by atoms with Crippen LogP contribution in [-0.4, -0.2) is 47.5 Å². The van der Waals surface area contributed by atoms with Gasteiger partial charge >= 0.3 is 6.03 Å². The predicted octanol–water partition coefficient (Wildman–Crippen LogP) is 1.67. The monoisotopic (exact) mass is 259 g/mol. The summed E-state index contributed by atoms with van der Waals surface area (Å²) < 4.78 is 0. The first-order valence-electron chi connectivity index (χ1n) is 7.06. The van der Waals surface area contributed by atoms with Crippen LogP contribution in [0.25, 0.3) is 0 Å². The number of amides is 2. The third kappa shape index (κ3) is 2.59. The van der Waals surface area contributed by atoms with E-state index >= 15 is 0 Å². The summed E-state index contributed by atoms with van der Waals surface area (Å²) in [4.78, 5) is 16.2. The molecule has 0 aromatic heterocycles. The van der Waals surface area contributed by atoms with Crippen molar-refractivity contribution in [2.45, 2.75) is 32.0 Å². The molecule has 2 saturated heterocycles. The van der Waals surface area contributed by atoms with E-state index in [1.165, 1.54) is 5.56 Å². The Morgan fingerprint density at radius 2 is 2.11 bits per heavy atom. The Balaban J connectivity index is 1.63. The van der Waals surface area contributed by atoms with Crippen molar-refractivity contribution in [1.29, 1.82) is 0 Å². The quantitative estimate of drug-likeness (QED) is 0.896. The zero-order valence-corrected chi connectivity index (χ0v) is 11.4. The number of nitrogens with one attached hydrogen (secondary N) is 1. The maximum absolute atomic E-state index is 11.7. The van der Waals surface area contributed by atoms with Gasteiger partial charge in [0.05, 0.1) is 0 Å². The van der Waals surface area contributed by atoms with Crippen molar-refractivity contribution in [3.63, 3.8) is 0 Å². The number of hydrogen-bond donors (Lipinski definition) is 1. The molecule has 2 aliphatic heterocycles. The molecule has 1 N–H and O–H groups in total. The number of hydrogen-bond acceptors (Lipinski definition) is 2. The Morgan fingerprint density at radius 1 is 1.32 bits per heavy atom. The van der Waals surface area contributed by atoms with E-state index < -0.39 is 0 Å². The summed E-state index contributed by atoms with van der Waals surface area (Å²) in [6.07, 6.45) is 1.08. The van der Waals surface area contributed by atoms with Gasteiger partial charge in [-0.2, -0.15) is 0 Å². The minimum Gasteiger partial charge on any atom is -0.336 e. The summed E-state index contributed by atoms with van der Waals surface area (Å²) in [6.45, 7) is 5.88. The van der Waals surface area contributed by atoms with Crippen LogP contribution >= 0.6 is 0 Å². The number of nitrogens with zero attached hydrogens (tertiary/aromatic N) is 2. The Labute approximate surface area is 114 Å². The molecule has 1 aromatic carbocycles. The van der Waals surface area contributed by atoms with Crippen LogP contribution in [0.1, 0.15) is 18.9 Å². The second kappa shape index (κ2) is 5.21. The maximum Gasteiger partial charge on any atom is 0.317 e. The smallest absolute Gasteiger partial charge is 0.317 e. The molecule has 0 aliphatic carbocycles. The van der Waals surface area contributed by atoms with Gasteiger partial charge in [-0.1, -0.05) is 30.3 Å². The van der Waals surface area contributed by atoms with Crippen LogP contribution in [0.3, 0.4) is 0 Å². The van der Waals surface area contributed by atoms with Crippen molar-refractivity contribution in [3.05, 3.63) is 35.9 Å². The van der Waals surface area contributed by atoms with Crippen LogP contribution in [0.4, 0.5) is 4.79 Å². The first-order valence-corrected chi connectivity index (χ1v) is 7.06. The molecule has 0 radical (unpaired) electrons. The van der Waals surface area contributed by atoms with Gasteiger partial charge in [-0.3, -0.25) is 4.90 Å². The molecule has 4 nitrogen and oxygen atoms in total. The molecule has 2 unspecified atom stereocenters. The summed E-state index contributed by atoms with van der Waals surface area (Å²) in [7, 11) is 0. The van der Waals surface area contributed by atoms with Crippen LogP contribution in [0, 0.1) is 0 Å². The molecule has 3 rings (SSSR count). The van der Waals surface area contributed by atoms with E-state index in [2.05, 4.69) is 41.4 Å². The number of benzene rings is 1. The molecule has 1 aromatic rings. The van der Waals surface area contributed by atoms with Crippen molar-refractivity contribution < 1.29 is 4.79 Å². The Hall–Kier alpha value is -1.55. The summed E-state index contributed by atoms with van der Waals surface area (Å²) >= 11 is 0. The molecular weight excluding hydrogens is 238 g/mol. The number of urea groups is 1. The first-order chi connectivity index (χ1) is 9.24. The van der Waals surface area contributed by atoms with Crippen molar-refractivity contribution in [2.75, 3.05) is 19.6 Å². The van der Waals surface area contributed by atoms with Crippen molar-refractivity contribution in [1.82, 2.24) is 15.1 Å². The lowest BCUT2D eigenvalue weighted by atomic mass is 10.1. The Kier molecular flexibility index (Phi) is 3.42. The average molecular weight is 259 g/mol. The molecule has 102 valence electrons. The fraction of sp³-hybridized carbons (Fsp3) is 0.533. The summed E-state index contributed by atoms with van der Waals surface area (Å²) in [5.74, 6) is 0. The minimum atomic E-state index is 0.110. The third-order valence-electron chi connectivity index (χ3n) is 4.24. The van der Waals surface area contributed by atoms with Gasteiger partial charge in [0.1, 0.15) is 0 Å². The summed E-state index contributed by atoms with van der Waals surface area (Å²) in [5.41, 5.74) is 1.35. The highest BCUT2D eigenvalue weighted by Gasteiger charge is 2.36. The number of rotatable bonds is 3. The van der Waals surface area contributed by atoms with Gasteiger partial charge in [0.15, 0.2) is 0 Å². The second-order valence-corrected chi connectivity index (χ2v) is 5.58. The molecule has 0 bridgehead atoms. The SMILES string of the molecule is CC1CC(N2CCNC2=O)CN1Cc1ccccc1. The Morgan fingerprint density at radius 3 is 2.79 bits per heavy atom. The highest BCUT2D eigenvalue weighted by Crippen LogP contribution is 2.24. The molecule has 2 amide bonds. The van der Waals surface area contributed by atoms with Crippen LogP contribution in [0.15, 0.2) is 30.3 Å². The molecule has 2 fully saturated rings. The highest BCUT2D eigenvalue weighted by atomic mass is 16.2. The molecule has 2 aliphatic rings. The summed E-state index contributed by atoms with van der Waals surface area (Å²) in [6, 6.07) is 11.6. The van der Waals surface area contributed by atoms with E-state index in [0.717, 1.165) is 32.6 Å². The van der Waals surface area contributed by atoms with Gasteiger partial charge in [0.25, 0.3) is 0 Å². The minimum absolute atomic E-state index is 0.110. The number of carbonyl (C=O) groups excluding carboxylic acids is 1. The summed E-state index contributed by atoms with van der Waals surface area (Å²) in [5, 5.41) is 2.89. The normalized spacial score (nSPS) is 27.8. The lowest BCUT2D eigenvalue weighted by molar-refractivity contribution is 0.194. The topological polar surface area (TPSA) is 35.6 Å². The average Bonchev–Trinajstić information content (AvgIpc) is 2.98. The molecule has 4 heteroatoms. The molecule has 0 spiro atoms. The van der Waals surface area contributed by atoms with Gasteiger partial charge in [-0.05, 0) is 18.9 Å². The fourth-order valence-electron chi connectivity index (χ4n) is 3.17. The van der Waals surface area contributed by atoms with E-state index in [4.69, 9.17) is 0 Å². The zero-order valence-electron chi connectivity index (χ0n) is 11.4. The largest absolute Gasteiger partial charge is 0.336 e. The van der Waals surface area contributed by atoms with E-state index in [0.29, 0.717) is 12.1 Å². The van der Waals surface area contributed by atoms with Crippen molar-refractivity contribution in [2.24, 2.45) is 0 Å². The molecule has 2 atom stereocenters. The van der Waals surface area contributed by atoms with E-state index in [1.807, 2.05) is 11.0 Å². The van der Waals surface area contributed by atoms with Gasteiger partial charge in [-0.15, -0.1) is 0 Å². The lowest BCUT2D eigenvalue weighted by Gasteiger charge is -2.23. The number of likely N-dealkylation sites (tertiary alicyclic amines) is 1. The van der Waals surface area contributed by atoms with E-state index in [1.54, 1.807) is 0 Å². The third-order valence-corrected chi connectivity index (χ3v) is 4.24. The fourth-order valence-corrected chi connectivity index (χ4v) is 3.17. The van der Waals surface area contributed by atoms with E-state index in [-0.39, 0.29) is 6.03 Å². The van der Waals surface area contributed by atoms with Gasteiger partial charge in [0.2, 0.25) is 0 Å². The first kappa shape index (κ1) is 12.5. The van der Waals surface area contributed by atoms with Crippen LogP contribution in [0.5, 0.6) is 0 Å². The standard InChI is InChI=1S/C15H21N3O/c1-12-9-14(18-8-7-16-15(18)19)11-17(12)10-13-5-3-2-4-6-13/h2-6,12,14H,7-11H2,1H3,(H,16,19). The predicted molar refractivity (Wildman–Crippen MR) is 74.8 cm³/mol. The maximum atomic E-state index is 11.7. The molecular formula is C15H21N3O. The Bertz CT molecular complexity index is 448. The van der Waals surface area contributed by atoms with Gasteiger partial charge in [0, 0.05) is 38.3 Å². The molecule has 2 heterocycles. The van der Waals surface area contributed by atoms with E-state index in [9.17, 15) is 4.79 Å². The van der Waals surface area contributed by atoms with Gasteiger partial charge in [-0.25, -0.2) is 4.79 Å². The number of carbonyl (C=O) groups is 1. The van der Waals surface area contributed by atoms with Crippen molar-refractivity contribution >= 4 is 6.03 Å². The van der Waals surface area contributed by atoms with Crippen LogP contribution in [0.2, 0.25) is 0 Å². The highest BCUT2D eigenvalue weighted by molar-refractivity contribution is 5.76. The second-order valence-electron chi connectivity index (χ2n) is 5.58. The van der Waals surface area contributed by atoms with Gasteiger partial charge < -0.3 is 10.2 Å². The van der Waals surface area contributed by atoms with Crippen LogP contribution in [-0.2, 0) is 6.54 Å².